The minimum atomic E-state index is -1.01. The van der Waals surface area contributed by atoms with Gasteiger partial charge in [0.1, 0.15) is 17.9 Å². The van der Waals surface area contributed by atoms with E-state index in [0.717, 1.165) is 0 Å². The topological polar surface area (TPSA) is 108 Å². The van der Waals surface area contributed by atoms with Gasteiger partial charge in [0.2, 0.25) is 11.8 Å². The second-order valence-corrected chi connectivity index (χ2v) is 6.68. The van der Waals surface area contributed by atoms with Crippen LogP contribution in [0.25, 0.3) is 0 Å². The quantitative estimate of drug-likeness (QED) is 0.642. The van der Waals surface area contributed by atoms with Crippen LogP contribution in [-0.2, 0) is 32.0 Å². The number of amides is 2. The molecular weight excluding hydrogens is 389 g/mol. The molecule has 2 aromatic carbocycles. The van der Waals surface area contributed by atoms with E-state index in [1.54, 1.807) is 24.3 Å². The highest BCUT2D eigenvalue weighted by molar-refractivity contribution is 5.90. The van der Waals surface area contributed by atoms with Crippen LogP contribution in [0, 0.1) is 17.1 Å². The molecule has 7 nitrogen and oxygen atoms in total. The first-order valence-electron chi connectivity index (χ1n) is 9.21. The number of carbonyl (C=O) groups excluding carboxylic acids is 3. The lowest BCUT2D eigenvalue weighted by atomic mass is 10.0. The smallest absolute Gasteiger partial charge is 0.328 e. The van der Waals surface area contributed by atoms with Crippen molar-refractivity contribution < 1.29 is 23.5 Å². The van der Waals surface area contributed by atoms with E-state index in [4.69, 9.17) is 10.00 Å². The highest BCUT2D eigenvalue weighted by Gasteiger charge is 2.27. The van der Waals surface area contributed by atoms with Crippen molar-refractivity contribution in [2.75, 3.05) is 7.11 Å². The predicted octanol–water partition coefficient (Wildman–Crippen LogP) is 1.65. The summed E-state index contributed by atoms with van der Waals surface area (Å²) in [5.41, 5.74) is 1.73. The molecule has 0 aliphatic carbocycles. The Morgan fingerprint density at radius 1 is 1.03 bits per heavy atom. The Kier molecular flexibility index (Phi) is 8.06. The van der Waals surface area contributed by atoms with Crippen molar-refractivity contribution in [1.82, 2.24) is 10.6 Å². The summed E-state index contributed by atoms with van der Waals surface area (Å²) in [5.74, 6) is -2.08. The molecule has 0 bridgehead atoms. The number of esters is 1. The van der Waals surface area contributed by atoms with E-state index in [1.165, 1.54) is 38.3 Å². The molecule has 0 unspecified atom stereocenters. The Hall–Kier alpha value is -3.73. The highest BCUT2D eigenvalue weighted by Crippen LogP contribution is 2.10. The summed E-state index contributed by atoms with van der Waals surface area (Å²) < 4.78 is 17.9. The van der Waals surface area contributed by atoms with Crippen molar-refractivity contribution in [3.8, 4) is 6.07 Å². The number of ether oxygens (including phenoxy) is 1. The van der Waals surface area contributed by atoms with Crippen LogP contribution in [0.5, 0.6) is 0 Å². The van der Waals surface area contributed by atoms with Crippen molar-refractivity contribution >= 4 is 17.8 Å². The van der Waals surface area contributed by atoms with Gasteiger partial charge in [-0.15, -0.1) is 0 Å². The molecule has 156 valence electrons. The molecule has 2 aromatic rings. The summed E-state index contributed by atoms with van der Waals surface area (Å²) in [5, 5.41) is 14.2. The molecular formula is C22H22FN3O4. The van der Waals surface area contributed by atoms with E-state index >= 15 is 0 Å². The Balaban J connectivity index is 2.18. The summed E-state index contributed by atoms with van der Waals surface area (Å²) in [4.78, 5) is 36.6. The van der Waals surface area contributed by atoms with Crippen LogP contribution in [-0.4, -0.2) is 37.0 Å². The lowest BCUT2D eigenvalue weighted by Crippen LogP contribution is -2.53. The summed E-state index contributed by atoms with van der Waals surface area (Å²) >= 11 is 0. The van der Waals surface area contributed by atoms with Crippen LogP contribution >= 0.6 is 0 Å². The molecule has 0 aliphatic heterocycles. The maximum absolute atomic E-state index is 13.1. The van der Waals surface area contributed by atoms with Crippen LogP contribution in [0.2, 0.25) is 0 Å². The first-order chi connectivity index (χ1) is 14.3. The molecule has 2 atom stereocenters. The van der Waals surface area contributed by atoms with Crippen molar-refractivity contribution in [3.63, 3.8) is 0 Å². The highest BCUT2D eigenvalue weighted by atomic mass is 19.1. The van der Waals surface area contributed by atoms with Gasteiger partial charge in [0, 0.05) is 19.8 Å². The average molecular weight is 411 g/mol. The summed E-state index contributed by atoms with van der Waals surface area (Å²) in [6, 6.07) is 12.2. The van der Waals surface area contributed by atoms with E-state index in [9.17, 15) is 18.8 Å². The Bertz CT molecular complexity index is 954. The number of benzene rings is 2. The van der Waals surface area contributed by atoms with Gasteiger partial charge in [-0.2, -0.15) is 5.26 Å². The second-order valence-electron chi connectivity index (χ2n) is 6.68. The predicted molar refractivity (Wildman–Crippen MR) is 107 cm³/mol. The number of methoxy groups -OCH3 is 1. The van der Waals surface area contributed by atoms with Crippen molar-refractivity contribution in [1.29, 1.82) is 5.26 Å². The normalized spacial score (nSPS) is 12.2. The van der Waals surface area contributed by atoms with Gasteiger partial charge in [-0.25, -0.2) is 9.18 Å². The largest absolute Gasteiger partial charge is 0.467 e. The van der Waals surface area contributed by atoms with Crippen LogP contribution < -0.4 is 10.6 Å². The number of hydrogen-bond donors (Lipinski definition) is 2. The van der Waals surface area contributed by atoms with E-state index in [0.29, 0.717) is 16.7 Å². The molecule has 0 spiro atoms. The van der Waals surface area contributed by atoms with E-state index in [2.05, 4.69) is 10.6 Å². The van der Waals surface area contributed by atoms with Gasteiger partial charge in [0.05, 0.1) is 18.7 Å². The molecule has 2 amide bonds. The molecule has 30 heavy (non-hydrogen) atoms. The van der Waals surface area contributed by atoms with Crippen LogP contribution in [0.3, 0.4) is 0 Å². The third-order valence-electron chi connectivity index (χ3n) is 4.35. The van der Waals surface area contributed by atoms with E-state index in [1.807, 2.05) is 6.07 Å². The zero-order valence-electron chi connectivity index (χ0n) is 16.6. The molecule has 2 rings (SSSR count). The number of carbonyl (C=O) groups is 3. The minimum Gasteiger partial charge on any atom is -0.467 e. The second kappa shape index (κ2) is 10.7. The monoisotopic (exact) mass is 411 g/mol. The maximum atomic E-state index is 13.1. The third kappa shape index (κ3) is 6.71. The fraction of sp³-hybridized carbons (Fsp3) is 0.273. The molecule has 0 aromatic heterocycles. The third-order valence-corrected chi connectivity index (χ3v) is 4.35. The van der Waals surface area contributed by atoms with Crippen LogP contribution in [0.1, 0.15) is 23.6 Å². The van der Waals surface area contributed by atoms with Gasteiger partial charge in [0.25, 0.3) is 0 Å². The number of hydrogen-bond acceptors (Lipinski definition) is 5. The number of nitriles is 1. The van der Waals surface area contributed by atoms with Gasteiger partial charge < -0.3 is 15.4 Å². The zero-order chi connectivity index (χ0) is 22.1. The fourth-order valence-corrected chi connectivity index (χ4v) is 2.92. The van der Waals surface area contributed by atoms with Crippen molar-refractivity contribution in [2.24, 2.45) is 0 Å². The standard InChI is InChI=1S/C22H22FN3O4/c1-14(27)25-19(11-15-6-8-18(23)9-7-15)21(28)26-20(22(29)30-2)12-16-4-3-5-17(10-16)13-24/h3-10,19-20H,11-12H2,1-2H3,(H,25,27)(H,26,28)/t19-,20+/m0/s1. The zero-order valence-corrected chi connectivity index (χ0v) is 16.6. The number of rotatable bonds is 8. The maximum Gasteiger partial charge on any atom is 0.328 e. The molecule has 0 heterocycles. The van der Waals surface area contributed by atoms with Gasteiger partial charge in [-0.3, -0.25) is 9.59 Å². The lowest BCUT2D eigenvalue weighted by Gasteiger charge is -2.22. The molecule has 0 fully saturated rings. The SMILES string of the molecule is COC(=O)[C@@H](Cc1cccc(C#N)c1)NC(=O)[C@H](Cc1ccc(F)cc1)NC(C)=O. The lowest BCUT2D eigenvalue weighted by molar-refractivity contribution is -0.145. The summed E-state index contributed by atoms with van der Waals surface area (Å²) in [6.07, 6.45) is 0.223. The fourth-order valence-electron chi connectivity index (χ4n) is 2.92. The van der Waals surface area contributed by atoms with Crippen molar-refractivity contribution in [3.05, 3.63) is 71.0 Å². The number of nitrogens with zero attached hydrogens (tertiary/aromatic N) is 1. The molecule has 2 N–H and O–H groups in total. The minimum absolute atomic E-state index is 0.108. The van der Waals surface area contributed by atoms with Crippen LogP contribution in [0.4, 0.5) is 4.39 Å². The first-order valence-corrected chi connectivity index (χ1v) is 9.21. The van der Waals surface area contributed by atoms with Crippen LogP contribution in [0.15, 0.2) is 48.5 Å². The Labute approximate surface area is 173 Å². The number of nitrogens with one attached hydrogen (secondary N) is 2. The molecule has 8 heteroatoms. The molecule has 0 saturated carbocycles. The molecule has 0 radical (unpaired) electrons. The van der Waals surface area contributed by atoms with E-state index in [-0.39, 0.29) is 12.8 Å². The van der Waals surface area contributed by atoms with Gasteiger partial charge in [0.15, 0.2) is 0 Å². The van der Waals surface area contributed by atoms with Gasteiger partial charge in [-0.05, 0) is 35.4 Å². The first kappa shape index (κ1) is 22.6. The van der Waals surface area contributed by atoms with Gasteiger partial charge in [-0.1, -0.05) is 24.3 Å². The summed E-state index contributed by atoms with van der Waals surface area (Å²) in [7, 11) is 1.21. The summed E-state index contributed by atoms with van der Waals surface area (Å²) in [6.45, 7) is 1.27. The number of halogens is 1. The molecule has 0 aliphatic rings. The van der Waals surface area contributed by atoms with Crippen molar-refractivity contribution in [2.45, 2.75) is 31.8 Å². The van der Waals surface area contributed by atoms with Gasteiger partial charge >= 0.3 is 5.97 Å². The average Bonchev–Trinajstić information content (AvgIpc) is 2.73. The van der Waals surface area contributed by atoms with E-state index < -0.39 is 35.7 Å². The molecule has 0 saturated heterocycles. The Morgan fingerprint density at radius 2 is 1.70 bits per heavy atom. The Morgan fingerprint density at radius 3 is 2.30 bits per heavy atom.